The predicted molar refractivity (Wildman–Crippen MR) is 177 cm³/mol. The molecule has 0 fully saturated rings. The lowest BCUT2D eigenvalue weighted by Crippen LogP contribution is -2.10. The SMILES string of the molecule is Cc1cc(Cl)c(C(c2c(Cl)cncc2Cl)c2c(Cl)cc(-n3c4ccccc4c4oc5ccccc5c43)cc2Cl)c(Cl)c1. The molecule has 9 heteroatoms. The lowest BCUT2D eigenvalue weighted by molar-refractivity contribution is 0.673. The molecule has 4 aromatic carbocycles. The molecule has 0 saturated heterocycles. The smallest absolute Gasteiger partial charge is 0.161 e. The predicted octanol–water partition coefficient (Wildman–Crippen LogP) is 12.3. The molecule has 3 heterocycles. The van der Waals surface area contributed by atoms with Gasteiger partial charge in [-0.2, -0.15) is 0 Å². The summed E-state index contributed by atoms with van der Waals surface area (Å²) < 4.78 is 8.43. The molecule has 0 spiro atoms. The van der Waals surface area contributed by atoms with Crippen molar-refractivity contribution < 1.29 is 4.42 Å². The molecule has 0 amide bonds. The van der Waals surface area contributed by atoms with Crippen LogP contribution in [0.1, 0.15) is 28.2 Å². The number of aryl methyl sites for hydroxylation is 1. The highest BCUT2D eigenvalue weighted by molar-refractivity contribution is 6.39. The summed E-state index contributed by atoms with van der Waals surface area (Å²) >= 11 is 41.5. The van der Waals surface area contributed by atoms with Gasteiger partial charge in [0.15, 0.2) is 5.58 Å². The molecule has 42 heavy (non-hydrogen) atoms. The van der Waals surface area contributed by atoms with Gasteiger partial charge in [-0.3, -0.25) is 4.98 Å². The van der Waals surface area contributed by atoms with Crippen LogP contribution in [0, 0.1) is 6.92 Å². The largest absolute Gasteiger partial charge is 0.454 e. The molecule has 1 atom stereocenters. The zero-order chi connectivity index (χ0) is 29.3. The molecule has 7 aromatic rings. The Labute approximate surface area is 271 Å². The number of rotatable bonds is 4. The Morgan fingerprint density at radius 2 is 1.17 bits per heavy atom. The van der Waals surface area contributed by atoms with Crippen molar-refractivity contribution in [1.82, 2.24) is 9.55 Å². The molecule has 0 radical (unpaired) electrons. The van der Waals surface area contributed by atoms with E-state index in [1.165, 1.54) is 12.4 Å². The third-order valence-electron chi connectivity index (χ3n) is 7.48. The average Bonchev–Trinajstić information content (AvgIpc) is 3.46. The van der Waals surface area contributed by atoms with Gasteiger partial charge in [0.25, 0.3) is 0 Å². The van der Waals surface area contributed by atoms with Crippen LogP contribution < -0.4 is 0 Å². The first-order valence-electron chi connectivity index (χ1n) is 12.9. The molecule has 208 valence electrons. The monoisotopic (exact) mass is 668 g/mol. The summed E-state index contributed by atoms with van der Waals surface area (Å²) in [6, 6.07) is 23.4. The van der Waals surface area contributed by atoms with Crippen molar-refractivity contribution in [2.45, 2.75) is 12.8 Å². The van der Waals surface area contributed by atoms with Crippen molar-refractivity contribution in [2.75, 3.05) is 0 Å². The van der Waals surface area contributed by atoms with Gasteiger partial charge < -0.3 is 8.98 Å². The van der Waals surface area contributed by atoms with E-state index < -0.39 is 5.92 Å². The topological polar surface area (TPSA) is 31.0 Å². The van der Waals surface area contributed by atoms with Crippen LogP contribution in [0.2, 0.25) is 30.1 Å². The standard InChI is InChI=1S/C33H18Cl6N2O/c1-16-10-20(34)28(21(35)11-16)31(30-24(38)14-40-15-25(30)39)29-22(36)12-17(13-23(29)37)41-26-8-4-2-6-18(26)33-32(41)19-7-3-5-9-27(19)42-33/h2-15,31H,1H3. The van der Waals surface area contributed by atoms with E-state index in [2.05, 4.69) is 9.55 Å². The van der Waals surface area contributed by atoms with Crippen LogP contribution in [0.3, 0.4) is 0 Å². The van der Waals surface area contributed by atoms with Crippen molar-refractivity contribution in [3.05, 3.63) is 138 Å². The van der Waals surface area contributed by atoms with E-state index in [1.807, 2.05) is 79.7 Å². The first-order chi connectivity index (χ1) is 20.2. The lowest BCUT2D eigenvalue weighted by Gasteiger charge is -2.26. The number of halogens is 6. The summed E-state index contributed by atoms with van der Waals surface area (Å²) in [6.07, 6.45) is 3.04. The minimum Gasteiger partial charge on any atom is -0.454 e. The molecule has 3 nitrogen and oxygen atoms in total. The maximum Gasteiger partial charge on any atom is 0.161 e. The van der Waals surface area contributed by atoms with Gasteiger partial charge in [-0.1, -0.05) is 93.9 Å². The van der Waals surface area contributed by atoms with Crippen LogP contribution in [0.25, 0.3) is 38.7 Å². The Morgan fingerprint density at radius 1 is 0.643 bits per heavy atom. The van der Waals surface area contributed by atoms with Crippen LogP contribution in [0.15, 0.2) is 89.6 Å². The highest BCUT2D eigenvalue weighted by atomic mass is 35.5. The Morgan fingerprint density at radius 3 is 1.81 bits per heavy atom. The highest BCUT2D eigenvalue weighted by Gasteiger charge is 2.31. The molecule has 0 saturated carbocycles. The molecule has 0 aliphatic carbocycles. The molecule has 7 rings (SSSR count). The van der Waals surface area contributed by atoms with Crippen LogP contribution in [0.4, 0.5) is 0 Å². The molecule has 0 aliphatic heterocycles. The zero-order valence-corrected chi connectivity index (χ0v) is 26.3. The van der Waals surface area contributed by atoms with Gasteiger partial charge in [-0.25, -0.2) is 0 Å². The van der Waals surface area contributed by atoms with Gasteiger partial charge in [0.1, 0.15) is 11.1 Å². The number of para-hydroxylation sites is 2. The second-order valence-corrected chi connectivity index (χ2v) is 12.5. The maximum atomic E-state index is 7.17. The molecule has 0 bridgehead atoms. The van der Waals surface area contributed by atoms with Gasteiger partial charge in [0.2, 0.25) is 0 Å². The third kappa shape index (κ3) is 4.38. The average molecular weight is 671 g/mol. The quantitative estimate of drug-likeness (QED) is 0.187. The van der Waals surface area contributed by atoms with Gasteiger partial charge in [-0.05, 0) is 61.0 Å². The van der Waals surface area contributed by atoms with Crippen LogP contribution in [-0.4, -0.2) is 9.55 Å². The van der Waals surface area contributed by atoms with Gasteiger partial charge >= 0.3 is 0 Å². The van der Waals surface area contributed by atoms with E-state index in [4.69, 9.17) is 74.0 Å². The Bertz CT molecular complexity index is 2130. The third-order valence-corrected chi connectivity index (χ3v) is 9.34. The number of hydrogen-bond acceptors (Lipinski definition) is 2. The fourth-order valence-electron chi connectivity index (χ4n) is 5.78. The molecule has 0 aliphatic rings. The van der Waals surface area contributed by atoms with E-state index in [0.717, 1.165) is 44.2 Å². The first kappa shape index (κ1) is 27.9. The Kier molecular flexibility index (Phi) is 7.10. The Balaban J connectivity index is 1.53. The number of furan rings is 1. The number of nitrogens with zero attached hydrogens (tertiary/aromatic N) is 2. The summed E-state index contributed by atoms with van der Waals surface area (Å²) in [5.41, 5.74) is 6.83. The summed E-state index contributed by atoms with van der Waals surface area (Å²) in [5.74, 6) is -0.682. The number of pyridine rings is 1. The molecular formula is C33H18Cl6N2O. The summed E-state index contributed by atoms with van der Waals surface area (Å²) in [4.78, 5) is 4.14. The van der Waals surface area contributed by atoms with E-state index in [1.54, 1.807) is 0 Å². The minimum atomic E-state index is -0.682. The molecule has 0 N–H and O–H groups in total. The van der Waals surface area contributed by atoms with Crippen molar-refractivity contribution in [1.29, 1.82) is 0 Å². The summed E-state index contributed by atoms with van der Waals surface area (Å²) in [5, 5.41) is 4.27. The lowest BCUT2D eigenvalue weighted by atomic mass is 9.84. The maximum absolute atomic E-state index is 7.17. The van der Waals surface area contributed by atoms with Crippen LogP contribution >= 0.6 is 69.6 Å². The minimum absolute atomic E-state index is 0.333. The van der Waals surface area contributed by atoms with Crippen LogP contribution in [0.5, 0.6) is 0 Å². The molecule has 3 aromatic heterocycles. The number of aromatic nitrogens is 2. The van der Waals surface area contributed by atoms with Crippen molar-refractivity contribution in [3.63, 3.8) is 0 Å². The normalized spacial score (nSPS) is 12.5. The molecular weight excluding hydrogens is 653 g/mol. The second-order valence-electron chi connectivity index (χ2n) is 10.0. The number of hydrogen-bond donors (Lipinski definition) is 0. The van der Waals surface area contributed by atoms with Gasteiger partial charge in [0.05, 0.1) is 15.6 Å². The van der Waals surface area contributed by atoms with E-state index in [9.17, 15) is 0 Å². The van der Waals surface area contributed by atoms with Gasteiger partial charge in [0, 0.05) is 71.6 Å². The van der Waals surface area contributed by atoms with Crippen molar-refractivity contribution >= 4 is 103 Å². The fourth-order valence-corrected chi connectivity index (χ4v) is 7.87. The number of benzene rings is 4. The zero-order valence-electron chi connectivity index (χ0n) is 21.7. The van der Waals surface area contributed by atoms with E-state index in [0.29, 0.717) is 46.8 Å². The van der Waals surface area contributed by atoms with Crippen molar-refractivity contribution in [2.24, 2.45) is 0 Å². The van der Waals surface area contributed by atoms with Gasteiger partial charge in [-0.15, -0.1) is 0 Å². The molecule has 1 unspecified atom stereocenters. The number of fused-ring (bicyclic) bond motifs is 5. The second kappa shape index (κ2) is 10.7. The van der Waals surface area contributed by atoms with Crippen LogP contribution in [-0.2, 0) is 0 Å². The van der Waals surface area contributed by atoms with E-state index in [-0.39, 0.29) is 0 Å². The highest BCUT2D eigenvalue weighted by Crippen LogP contribution is 2.50. The van der Waals surface area contributed by atoms with E-state index >= 15 is 0 Å². The fraction of sp³-hybridized carbons (Fsp3) is 0.0606. The first-order valence-corrected chi connectivity index (χ1v) is 15.2. The summed E-state index contributed by atoms with van der Waals surface area (Å²) in [6.45, 7) is 1.92. The Hall–Kier alpha value is -2.89. The van der Waals surface area contributed by atoms with Crippen molar-refractivity contribution in [3.8, 4) is 5.69 Å². The summed E-state index contributed by atoms with van der Waals surface area (Å²) in [7, 11) is 0.